The number of hydrogen-bond acceptors (Lipinski definition) is 3. The molecule has 2 rings (SSSR count). The van der Waals surface area contributed by atoms with Gasteiger partial charge in [-0.25, -0.2) is 0 Å². The van der Waals surface area contributed by atoms with Crippen molar-refractivity contribution in [2.45, 2.75) is 50.7 Å². The molecule has 1 aliphatic heterocycles. The molecule has 3 nitrogen and oxygen atoms in total. The molecule has 0 amide bonds. The second kappa shape index (κ2) is 7.63. The predicted octanol–water partition coefficient (Wildman–Crippen LogP) is 1.71. The minimum atomic E-state index is 0.152. The molecule has 0 radical (unpaired) electrons. The molecule has 19 heavy (non-hydrogen) atoms. The van der Waals surface area contributed by atoms with E-state index in [1.165, 1.54) is 18.4 Å². The van der Waals surface area contributed by atoms with Gasteiger partial charge in [0.2, 0.25) is 0 Å². The van der Waals surface area contributed by atoms with E-state index in [2.05, 4.69) is 41.8 Å². The second-order valence-corrected chi connectivity index (χ2v) is 5.67. The highest BCUT2D eigenvalue weighted by Crippen LogP contribution is 2.12. The Morgan fingerprint density at radius 2 is 2.16 bits per heavy atom. The first-order valence-corrected chi connectivity index (χ1v) is 7.42. The van der Waals surface area contributed by atoms with Gasteiger partial charge >= 0.3 is 0 Å². The van der Waals surface area contributed by atoms with Crippen LogP contribution in [-0.4, -0.2) is 36.4 Å². The molecular weight excluding hydrogens is 236 g/mol. The van der Waals surface area contributed by atoms with Crippen LogP contribution in [0.3, 0.4) is 0 Å². The van der Waals surface area contributed by atoms with Gasteiger partial charge in [0.15, 0.2) is 0 Å². The Balaban J connectivity index is 1.77. The zero-order valence-corrected chi connectivity index (χ0v) is 11.8. The Morgan fingerprint density at radius 3 is 2.79 bits per heavy atom. The van der Waals surface area contributed by atoms with Crippen LogP contribution in [0.2, 0.25) is 0 Å². The summed E-state index contributed by atoms with van der Waals surface area (Å²) >= 11 is 0. The summed E-state index contributed by atoms with van der Waals surface area (Å²) in [6.45, 7) is 3.57. The summed E-state index contributed by atoms with van der Waals surface area (Å²) in [4.78, 5) is 0. The molecule has 0 saturated carbocycles. The molecule has 3 N–H and O–H groups in total. The standard InChI is InChI=1S/C16H26N2O/c1-13(10-15-8-5-9-17-15)18-16(12-19)11-14-6-3-2-4-7-14/h2-4,6-7,13,15-19H,5,8-12H2,1H3/t13?,15?,16-/m1/s1. The lowest BCUT2D eigenvalue weighted by Gasteiger charge is -2.24. The van der Waals surface area contributed by atoms with Crippen LogP contribution in [0, 0.1) is 0 Å². The van der Waals surface area contributed by atoms with Crippen molar-refractivity contribution in [3.05, 3.63) is 35.9 Å². The Kier molecular flexibility index (Phi) is 5.83. The molecular formula is C16H26N2O. The molecule has 106 valence electrons. The monoisotopic (exact) mass is 262 g/mol. The van der Waals surface area contributed by atoms with E-state index >= 15 is 0 Å². The summed E-state index contributed by atoms with van der Waals surface area (Å²) in [6.07, 6.45) is 4.62. The first-order chi connectivity index (χ1) is 9.28. The van der Waals surface area contributed by atoms with Crippen LogP contribution in [0.15, 0.2) is 30.3 Å². The summed E-state index contributed by atoms with van der Waals surface area (Å²) in [5.74, 6) is 0. The number of rotatable bonds is 7. The molecule has 3 heteroatoms. The largest absolute Gasteiger partial charge is 0.395 e. The van der Waals surface area contributed by atoms with Crippen molar-refractivity contribution in [3.63, 3.8) is 0 Å². The lowest BCUT2D eigenvalue weighted by Crippen LogP contribution is -2.43. The van der Waals surface area contributed by atoms with Gasteiger partial charge in [-0.1, -0.05) is 30.3 Å². The van der Waals surface area contributed by atoms with Crippen LogP contribution in [-0.2, 0) is 6.42 Å². The van der Waals surface area contributed by atoms with E-state index < -0.39 is 0 Å². The fraction of sp³-hybridized carbons (Fsp3) is 0.625. The van der Waals surface area contributed by atoms with Crippen LogP contribution in [0.25, 0.3) is 0 Å². The molecule has 0 spiro atoms. The lowest BCUT2D eigenvalue weighted by atomic mass is 10.0. The highest BCUT2D eigenvalue weighted by atomic mass is 16.3. The SMILES string of the molecule is CC(CC1CCCN1)N[C@@H](CO)Cc1ccccc1. The third-order valence-electron chi connectivity index (χ3n) is 3.87. The molecule has 1 heterocycles. The number of nitrogens with one attached hydrogen (secondary N) is 2. The van der Waals surface area contributed by atoms with Gasteiger partial charge in [0.25, 0.3) is 0 Å². The van der Waals surface area contributed by atoms with E-state index in [4.69, 9.17) is 0 Å². The van der Waals surface area contributed by atoms with Crippen molar-refractivity contribution in [3.8, 4) is 0 Å². The number of aliphatic hydroxyl groups is 1. The normalized spacial score (nSPS) is 22.3. The summed E-state index contributed by atoms with van der Waals surface area (Å²) < 4.78 is 0. The van der Waals surface area contributed by atoms with Crippen LogP contribution >= 0.6 is 0 Å². The highest BCUT2D eigenvalue weighted by Gasteiger charge is 2.19. The number of aliphatic hydroxyl groups excluding tert-OH is 1. The van der Waals surface area contributed by atoms with Gasteiger partial charge in [-0.3, -0.25) is 0 Å². The van der Waals surface area contributed by atoms with E-state index in [0.717, 1.165) is 19.4 Å². The van der Waals surface area contributed by atoms with E-state index in [1.807, 2.05) is 6.07 Å². The Hall–Kier alpha value is -0.900. The van der Waals surface area contributed by atoms with Gasteiger partial charge in [0.05, 0.1) is 6.61 Å². The van der Waals surface area contributed by atoms with Crippen LogP contribution in [0.4, 0.5) is 0 Å². The third-order valence-corrected chi connectivity index (χ3v) is 3.87. The second-order valence-electron chi connectivity index (χ2n) is 5.67. The molecule has 1 aliphatic rings. The lowest BCUT2D eigenvalue weighted by molar-refractivity contribution is 0.227. The van der Waals surface area contributed by atoms with Crippen molar-refractivity contribution in [1.29, 1.82) is 0 Å². The van der Waals surface area contributed by atoms with Gasteiger partial charge in [0, 0.05) is 18.1 Å². The van der Waals surface area contributed by atoms with Gasteiger partial charge in [-0.05, 0) is 44.7 Å². The summed E-state index contributed by atoms with van der Waals surface area (Å²) in [5.41, 5.74) is 1.28. The van der Waals surface area contributed by atoms with Crippen molar-refractivity contribution in [2.75, 3.05) is 13.2 Å². The van der Waals surface area contributed by atoms with Crippen LogP contribution < -0.4 is 10.6 Å². The molecule has 0 aliphatic carbocycles. The van der Waals surface area contributed by atoms with E-state index in [0.29, 0.717) is 12.1 Å². The molecule has 1 fully saturated rings. The van der Waals surface area contributed by atoms with E-state index in [-0.39, 0.29) is 12.6 Å². The fourth-order valence-electron chi connectivity index (χ4n) is 2.93. The van der Waals surface area contributed by atoms with E-state index in [9.17, 15) is 5.11 Å². The molecule has 3 atom stereocenters. The van der Waals surface area contributed by atoms with Gasteiger partial charge < -0.3 is 15.7 Å². The van der Waals surface area contributed by atoms with Gasteiger partial charge in [-0.2, -0.15) is 0 Å². The van der Waals surface area contributed by atoms with Gasteiger partial charge in [0.1, 0.15) is 0 Å². The van der Waals surface area contributed by atoms with Crippen molar-refractivity contribution in [1.82, 2.24) is 10.6 Å². The van der Waals surface area contributed by atoms with Crippen LogP contribution in [0.5, 0.6) is 0 Å². The Bertz CT molecular complexity index is 349. The maximum absolute atomic E-state index is 9.52. The smallest absolute Gasteiger partial charge is 0.0587 e. The third kappa shape index (κ3) is 4.94. The van der Waals surface area contributed by atoms with Gasteiger partial charge in [-0.15, -0.1) is 0 Å². The molecule has 1 aromatic rings. The molecule has 1 saturated heterocycles. The van der Waals surface area contributed by atoms with Crippen LogP contribution in [0.1, 0.15) is 31.7 Å². The maximum Gasteiger partial charge on any atom is 0.0587 e. The topological polar surface area (TPSA) is 44.3 Å². The van der Waals surface area contributed by atoms with Crippen molar-refractivity contribution < 1.29 is 5.11 Å². The molecule has 2 unspecified atom stereocenters. The zero-order chi connectivity index (χ0) is 13.5. The molecule has 0 aromatic heterocycles. The average Bonchev–Trinajstić information content (AvgIpc) is 2.92. The minimum absolute atomic E-state index is 0.152. The average molecular weight is 262 g/mol. The molecule has 1 aromatic carbocycles. The fourth-order valence-corrected chi connectivity index (χ4v) is 2.93. The summed E-state index contributed by atoms with van der Waals surface area (Å²) in [6, 6.07) is 11.6. The predicted molar refractivity (Wildman–Crippen MR) is 79.3 cm³/mol. The van der Waals surface area contributed by atoms with Crippen molar-refractivity contribution in [2.24, 2.45) is 0 Å². The quantitative estimate of drug-likeness (QED) is 0.701. The summed E-state index contributed by atoms with van der Waals surface area (Å²) in [5, 5.41) is 16.6. The minimum Gasteiger partial charge on any atom is -0.395 e. The molecule has 0 bridgehead atoms. The Morgan fingerprint density at radius 1 is 1.37 bits per heavy atom. The highest BCUT2D eigenvalue weighted by molar-refractivity contribution is 5.15. The number of hydrogen-bond donors (Lipinski definition) is 3. The van der Waals surface area contributed by atoms with E-state index in [1.54, 1.807) is 0 Å². The first kappa shape index (κ1) is 14.5. The maximum atomic E-state index is 9.52. The summed E-state index contributed by atoms with van der Waals surface area (Å²) in [7, 11) is 0. The first-order valence-electron chi connectivity index (χ1n) is 7.42. The number of benzene rings is 1. The Labute approximate surface area is 116 Å². The van der Waals surface area contributed by atoms with Crippen molar-refractivity contribution >= 4 is 0 Å². The zero-order valence-electron chi connectivity index (χ0n) is 11.8.